The molecule has 1 saturated heterocycles. The number of hydrogen-bond donors (Lipinski definition) is 0. The number of anilines is 1. The van der Waals surface area contributed by atoms with Crippen molar-refractivity contribution in [2.75, 3.05) is 11.5 Å². The average Bonchev–Trinajstić information content (AvgIpc) is 3.69. The lowest BCUT2D eigenvalue weighted by Crippen LogP contribution is -2.32. The Balaban J connectivity index is 1.17. The number of para-hydroxylation sites is 1. The third kappa shape index (κ3) is 4.29. The number of carbonyl (C=O) groups excluding carboxylic acids is 4. The second-order valence-corrected chi connectivity index (χ2v) is 11.5. The maximum absolute atomic E-state index is 13.2. The van der Waals surface area contributed by atoms with Crippen LogP contribution in [0, 0.1) is 29.5 Å². The summed E-state index contributed by atoms with van der Waals surface area (Å²) < 4.78 is 18.6. The molecule has 3 aliphatic rings. The Morgan fingerprint density at radius 3 is 2.26 bits per heavy atom. The van der Waals surface area contributed by atoms with Gasteiger partial charge in [0.15, 0.2) is 12.4 Å². The minimum Gasteiger partial charge on any atom is -0.454 e. The zero-order valence-electron chi connectivity index (χ0n) is 22.3. The van der Waals surface area contributed by atoms with Crippen LogP contribution in [-0.2, 0) is 14.3 Å². The number of amides is 2. The van der Waals surface area contributed by atoms with Gasteiger partial charge in [-0.15, -0.1) is 0 Å². The van der Waals surface area contributed by atoms with Crippen LogP contribution in [0.5, 0.6) is 0 Å². The molecule has 2 amide bonds. The Bertz CT molecular complexity index is 1760. The lowest BCUT2D eigenvalue weighted by Gasteiger charge is -2.19. The number of ketones is 1. The first-order valence-corrected chi connectivity index (χ1v) is 14.2. The summed E-state index contributed by atoms with van der Waals surface area (Å²) in [5.74, 6) is -1.72. The summed E-state index contributed by atoms with van der Waals surface area (Å²) in [5, 5.41) is 0.786. The Hall–Kier alpha value is -4.43. The summed E-state index contributed by atoms with van der Waals surface area (Å²) >= 11 is 6.45. The van der Waals surface area contributed by atoms with Crippen molar-refractivity contribution in [3.05, 3.63) is 94.8 Å². The van der Waals surface area contributed by atoms with Crippen LogP contribution in [0.15, 0.2) is 72.8 Å². The fourth-order valence-corrected chi connectivity index (χ4v) is 7.12. The van der Waals surface area contributed by atoms with Crippen molar-refractivity contribution in [1.29, 1.82) is 0 Å². The van der Waals surface area contributed by atoms with Gasteiger partial charge in [-0.25, -0.2) is 14.2 Å². The van der Waals surface area contributed by atoms with Gasteiger partial charge in [0.25, 0.3) is 0 Å². The largest absolute Gasteiger partial charge is 0.454 e. The quantitative estimate of drug-likeness (QED) is 0.151. The highest BCUT2D eigenvalue weighted by Crippen LogP contribution is 2.56. The van der Waals surface area contributed by atoms with Gasteiger partial charge in [-0.2, -0.15) is 0 Å². The van der Waals surface area contributed by atoms with E-state index in [0.29, 0.717) is 44.7 Å². The normalized spacial score (nSPS) is 22.6. The molecule has 4 atom stereocenters. The first-order valence-electron chi connectivity index (χ1n) is 13.8. The average molecular weight is 583 g/mol. The Morgan fingerprint density at radius 1 is 0.929 bits per heavy atom. The van der Waals surface area contributed by atoms with E-state index < -0.39 is 24.2 Å². The lowest BCUT2D eigenvalue weighted by atomic mass is 9.81. The number of aromatic nitrogens is 1. The van der Waals surface area contributed by atoms with E-state index in [1.807, 2.05) is 0 Å². The van der Waals surface area contributed by atoms with Crippen LogP contribution in [0.4, 0.5) is 10.1 Å². The molecule has 2 heterocycles. The molecular weight excluding hydrogens is 559 g/mol. The maximum atomic E-state index is 13.2. The van der Waals surface area contributed by atoms with E-state index in [2.05, 4.69) is 4.98 Å². The molecule has 42 heavy (non-hydrogen) atoms. The molecule has 210 valence electrons. The predicted molar refractivity (Wildman–Crippen MR) is 154 cm³/mol. The molecule has 3 aromatic carbocycles. The number of pyridine rings is 1. The van der Waals surface area contributed by atoms with E-state index in [0.717, 1.165) is 31.4 Å². The van der Waals surface area contributed by atoms with Crippen molar-refractivity contribution in [2.45, 2.75) is 19.3 Å². The van der Waals surface area contributed by atoms with Crippen molar-refractivity contribution in [3.63, 3.8) is 0 Å². The Kier molecular flexibility index (Phi) is 6.39. The van der Waals surface area contributed by atoms with E-state index in [9.17, 15) is 23.6 Å². The van der Waals surface area contributed by atoms with Crippen molar-refractivity contribution < 1.29 is 28.3 Å². The number of esters is 1. The van der Waals surface area contributed by atoms with Crippen LogP contribution in [0.2, 0.25) is 5.02 Å². The number of halogens is 2. The number of imide groups is 1. The monoisotopic (exact) mass is 582 g/mol. The summed E-state index contributed by atoms with van der Waals surface area (Å²) in [6.07, 6.45) is 3.00. The summed E-state index contributed by atoms with van der Waals surface area (Å²) in [6.45, 7) is -0.527. The number of benzene rings is 3. The van der Waals surface area contributed by atoms with E-state index in [1.54, 1.807) is 48.5 Å². The van der Waals surface area contributed by atoms with Crippen molar-refractivity contribution in [1.82, 2.24) is 4.98 Å². The van der Waals surface area contributed by atoms with Gasteiger partial charge >= 0.3 is 5.97 Å². The Morgan fingerprint density at radius 2 is 1.60 bits per heavy atom. The number of nitrogens with zero attached hydrogens (tertiary/aromatic N) is 2. The molecule has 2 saturated carbocycles. The molecule has 0 radical (unpaired) electrons. The molecule has 2 aliphatic carbocycles. The lowest BCUT2D eigenvalue weighted by molar-refractivity contribution is -0.123. The van der Waals surface area contributed by atoms with Crippen LogP contribution in [0.3, 0.4) is 0 Å². The molecule has 2 bridgehead atoms. The van der Waals surface area contributed by atoms with Gasteiger partial charge in [0, 0.05) is 16.5 Å². The molecular formula is C33H24ClFN2O5. The summed E-state index contributed by atoms with van der Waals surface area (Å²) in [7, 11) is 0. The molecule has 1 aromatic heterocycles. The first kappa shape index (κ1) is 26.5. The minimum absolute atomic E-state index is 0.110. The van der Waals surface area contributed by atoms with Gasteiger partial charge in [0.05, 0.1) is 39.3 Å². The zero-order valence-corrected chi connectivity index (χ0v) is 23.0. The number of fused-ring (bicyclic) bond motifs is 6. The summed E-state index contributed by atoms with van der Waals surface area (Å²) in [5.41, 5.74) is 2.34. The highest BCUT2D eigenvalue weighted by atomic mass is 35.5. The maximum Gasteiger partial charge on any atom is 0.339 e. The SMILES string of the molecule is O=C(COC(=O)c1cc(-c2ccc(N3C(=O)C4C5CCC(C5)C4C3=O)cc2)nc2c(Cl)cccc12)c1ccc(F)cc1. The molecule has 0 spiro atoms. The smallest absolute Gasteiger partial charge is 0.339 e. The van der Waals surface area contributed by atoms with Gasteiger partial charge in [-0.05, 0) is 79.6 Å². The van der Waals surface area contributed by atoms with Crippen LogP contribution in [-0.4, -0.2) is 35.2 Å². The molecule has 4 unspecified atom stereocenters. The van der Waals surface area contributed by atoms with E-state index >= 15 is 0 Å². The molecule has 1 aliphatic heterocycles. The molecule has 7 nitrogen and oxygen atoms in total. The van der Waals surface area contributed by atoms with Crippen molar-refractivity contribution in [3.8, 4) is 11.3 Å². The molecule has 9 heteroatoms. The zero-order chi connectivity index (χ0) is 29.1. The van der Waals surface area contributed by atoms with Crippen LogP contribution in [0.25, 0.3) is 22.2 Å². The van der Waals surface area contributed by atoms with Crippen LogP contribution in [0.1, 0.15) is 40.0 Å². The molecule has 7 rings (SSSR count). The van der Waals surface area contributed by atoms with E-state index in [-0.39, 0.29) is 34.8 Å². The van der Waals surface area contributed by atoms with Gasteiger partial charge in [0.1, 0.15) is 5.82 Å². The van der Waals surface area contributed by atoms with Gasteiger partial charge in [-0.1, -0.05) is 35.9 Å². The minimum atomic E-state index is -0.743. The van der Waals surface area contributed by atoms with Gasteiger partial charge in [-0.3, -0.25) is 19.3 Å². The standard InChI is InChI=1S/C33H24ClFN2O5/c34-25-3-1-2-23-24(33(41)42-16-27(38)18-6-10-21(35)11-7-18)15-26(36-30(23)25)17-8-12-22(13-9-17)37-31(39)28-19-4-5-20(14-19)29(28)32(37)40/h1-3,6-13,15,19-20,28-29H,4-5,14,16H2. The highest BCUT2D eigenvalue weighted by molar-refractivity contribution is 6.35. The van der Waals surface area contributed by atoms with E-state index in [1.165, 1.54) is 17.0 Å². The fourth-order valence-electron chi connectivity index (χ4n) is 6.90. The van der Waals surface area contributed by atoms with Gasteiger partial charge < -0.3 is 4.74 Å². The second kappa shape index (κ2) is 10.1. The molecule has 3 fully saturated rings. The third-order valence-electron chi connectivity index (χ3n) is 8.86. The fraction of sp³-hybridized carbons (Fsp3) is 0.242. The third-order valence-corrected chi connectivity index (χ3v) is 9.16. The number of ether oxygens (including phenoxy) is 1. The summed E-state index contributed by atoms with van der Waals surface area (Å²) in [4.78, 5) is 58.2. The predicted octanol–water partition coefficient (Wildman–Crippen LogP) is 6.27. The van der Waals surface area contributed by atoms with Crippen molar-refractivity contribution >= 4 is 51.8 Å². The number of Topliss-reactive ketones (excluding diaryl/α,β-unsaturated/α-hetero) is 1. The van der Waals surface area contributed by atoms with Gasteiger partial charge in [0.2, 0.25) is 11.8 Å². The van der Waals surface area contributed by atoms with Crippen LogP contribution < -0.4 is 4.90 Å². The number of rotatable bonds is 6. The van der Waals surface area contributed by atoms with Crippen LogP contribution >= 0.6 is 11.6 Å². The van der Waals surface area contributed by atoms with Crippen molar-refractivity contribution in [2.24, 2.45) is 23.7 Å². The molecule has 0 N–H and O–H groups in total. The Labute approximate surface area is 245 Å². The number of carbonyl (C=O) groups is 4. The molecule has 4 aromatic rings. The number of hydrogen-bond acceptors (Lipinski definition) is 6. The first-order chi connectivity index (χ1) is 20.3. The van der Waals surface area contributed by atoms with E-state index in [4.69, 9.17) is 16.3 Å². The summed E-state index contributed by atoms with van der Waals surface area (Å²) in [6, 6.07) is 18.5. The second-order valence-electron chi connectivity index (χ2n) is 11.1. The topological polar surface area (TPSA) is 93.6 Å². The highest BCUT2D eigenvalue weighted by Gasteiger charge is 2.61.